The highest BCUT2D eigenvalue weighted by molar-refractivity contribution is 7.99. The van der Waals surface area contributed by atoms with Gasteiger partial charge in [-0.15, -0.1) is 11.8 Å². The van der Waals surface area contributed by atoms with E-state index >= 15 is 0 Å². The second-order valence-corrected chi connectivity index (χ2v) is 7.27. The first-order chi connectivity index (χ1) is 12.1. The molecule has 3 amide bonds. The molecule has 1 N–H and O–H groups in total. The highest BCUT2D eigenvalue weighted by Gasteiger charge is 2.33. The maximum atomic E-state index is 12.7. The number of hydrogen-bond donors (Lipinski definition) is 1. The first-order valence-electron chi connectivity index (χ1n) is 8.05. The number of benzene rings is 2. The predicted molar refractivity (Wildman–Crippen MR) is 94.9 cm³/mol. The summed E-state index contributed by atoms with van der Waals surface area (Å²) in [4.78, 5) is 39.0. The second kappa shape index (κ2) is 6.04. The first-order valence-corrected chi connectivity index (χ1v) is 9.04. The SMILES string of the molecule is CN1C(=O)c2ccc(C(=O)NC3CCSc4ccccc43)cc2C1=O. The van der Waals surface area contributed by atoms with Gasteiger partial charge in [0.25, 0.3) is 17.7 Å². The molecule has 126 valence electrons. The third kappa shape index (κ3) is 2.62. The van der Waals surface area contributed by atoms with E-state index in [0.717, 1.165) is 22.6 Å². The molecule has 1 unspecified atom stereocenters. The van der Waals surface area contributed by atoms with Crippen LogP contribution in [-0.4, -0.2) is 35.4 Å². The summed E-state index contributed by atoms with van der Waals surface area (Å²) in [5.41, 5.74) is 2.16. The molecule has 2 aromatic rings. The summed E-state index contributed by atoms with van der Waals surface area (Å²) >= 11 is 1.79. The van der Waals surface area contributed by atoms with Gasteiger partial charge in [-0.3, -0.25) is 19.3 Å². The molecule has 1 atom stereocenters. The van der Waals surface area contributed by atoms with Crippen LogP contribution in [0.5, 0.6) is 0 Å². The minimum atomic E-state index is -0.367. The number of nitrogens with zero attached hydrogens (tertiary/aromatic N) is 1. The molecule has 2 aliphatic rings. The monoisotopic (exact) mass is 352 g/mol. The first kappa shape index (κ1) is 15.9. The van der Waals surface area contributed by atoms with Crippen LogP contribution in [0.4, 0.5) is 0 Å². The van der Waals surface area contributed by atoms with E-state index in [0.29, 0.717) is 16.7 Å². The standard InChI is InChI=1S/C19H16N2O3S/c1-21-18(23)12-7-6-11(10-14(12)19(21)24)17(22)20-15-8-9-25-16-5-3-2-4-13(15)16/h2-7,10,15H,8-9H2,1H3,(H,20,22). The number of carbonyl (C=O) groups is 3. The van der Waals surface area contributed by atoms with Gasteiger partial charge < -0.3 is 5.32 Å². The molecule has 4 rings (SSSR count). The summed E-state index contributed by atoms with van der Waals surface area (Å²) in [5, 5.41) is 3.06. The molecule has 0 saturated carbocycles. The number of amides is 3. The van der Waals surface area contributed by atoms with Crippen molar-refractivity contribution >= 4 is 29.5 Å². The van der Waals surface area contributed by atoms with E-state index in [1.165, 1.54) is 18.0 Å². The number of nitrogens with one attached hydrogen (secondary N) is 1. The van der Waals surface area contributed by atoms with Crippen molar-refractivity contribution in [3.05, 3.63) is 64.7 Å². The fourth-order valence-electron chi connectivity index (χ4n) is 3.24. The Bertz CT molecular complexity index is 909. The lowest BCUT2D eigenvalue weighted by molar-refractivity contribution is 0.0693. The zero-order chi connectivity index (χ0) is 17.6. The summed E-state index contributed by atoms with van der Waals surface area (Å²) in [6.45, 7) is 0. The highest BCUT2D eigenvalue weighted by atomic mass is 32.2. The molecule has 0 radical (unpaired) electrons. The van der Waals surface area contributed by atoms with Crippen LogP contribution >= 0.6 is 11.8 Å². The quantitative estimate of drug-likeness (QED) is 0.844. The summed E-state index contributed by atoms with van der Waals surface area (Å²) < 4.78 is 0. The van der Waals surface area contributed by atoms with Gasteiger partial charge >= 0.3 is 0 Å². The molecular formula is C19H16N2O3S. The van der Waals surface area contributed by atoms with E-state index in [1.54, 1.807) is 23.9 Å². The summed E-state index contributed by atoms with van der Waals surface area (Å²) in [6, 6.07) is 12.7. The maximum Gasteiger partial charge on any atom is 0.261 e. The molecule has 2 aromatic carbocycles. The molecule has 2 heterocycles. The lowest BCUT2D eigenvalue weighted by Gasteiger charge is -2.26. The van der Waals surface area contributed by atoms with Crippen LogP contribution in [0.3, 0.4) is 0 Å². The Morgan fingerprint density at radius 2 is 1.88 bits per heavy atom. The second-order valence-electron chi connectivity index (χ2n) is 6.13. The van der Waals surface area contributed by atoms with E-state index in [-0.39, 0.29) is 23.8 Å². The van der Waals surface area contributed by atoms with Crippen molar-refractivity contribution in [3.63, 3.8) is 0 Å². The Morgan fingerprint density at radius 3 is 2.72 bits per heavy atom. The van der Waals surface area contributed by atoms with Crippen molar-refractivity contribution in [2.45, 2.75) is 17.4 Å². The van der Waals surface area contributed by atoms with Crippen molar-refractivity contribution in [3.8, 4) is 0 Å². The average Bonchev–Trinajstić information content (AvgIpc) is 2.86. The third-order valence-electron chi connectivity index (χ3n) is 4.62. The molecule has 0 aliphatic carbocycles. The number of rotatable bonds is 2. The van der Waals surface area contributed by atoms with Gasteiger partial charge in [-0.25, -0.2) is 0 Å². The largest absolute Gasteiger partial charge is 0.345 e. The normalized spacial score (nSPS) is 18.8. The third-order valence-corrected chi connectivity index (χ3v) is 5.74. The number of imide groups is 1. The van der Waals surface area contributed by atoms with Crippen LogP contribution in [0.1, 0.15) is 49.1 Å². The molecule has 0 fully saturated rings. The number of thioether (sulfide) groups is 1. The Balaban J connectivity index is 1.60. The molecule has 2 aliphatic heterocycles. The van der Waals surface area contributed by atoms with Crippen LogP contribution in [0.25, 0.3) is 0 Å². The Labute approximate surface area is 149 Å². The molecular weight excluding hydrogens is 336 g/mol. The predicted octanol–water partition coefficient (Wildman–Crippen LogP) is 2.88. The Kier molecular flexibility index (Phi) is 3.84. The molecule has 0 spiro atoms. The van der Waals surface area contributed by atoms with Crippen molar-refractivity contribution < 1.29 is 14.4 Å². The summed E-state index contributed by atoms with van der Waals surface area (Å²) in [5.74, 6) is 0.0211. The van der Waals surface area contributed by atoms with Crippen molar-refractivity contribution in [2.24, 2.45) is 0 Å². The molecule has 0 aromatic heterocycles. The molecule has 5 nitrogen and oxygen atoms in total. The van der Waals surface area contributed by atoms with E-state index in [2.05, 4.69) is 11.4 Å². The van der Waals surface area contributed by atoms with E-state index in [1.807, 2.05) is 18.2 Å². The Hall–Kier alpha value is -2.60. The van der Waals surface area contributed by atoms with Gasteiger partial charge in [0.05, 0.1) is 17.2 Å². The lowest BCUT2D eigenvalue weighted by Crippen LogP contribution is -2.30. The zero-order valence-corrected chi connectivity index (χ0v) is 14.4. The van der Waals surface area contributed by atoms with Crippen molar-refractivity contribution in [2.75, 3.05) is 12.8 Å². The highest BCUT2D eigenvalue weighted by Crippen LogP contribution is 2.36. The van der Waals surface area contributed by atoms with Crippen LogP contribution < -0.4 is 5.32 Å². The van der Waals surface area contributed by atoms with Crippen molar-refractivity contribution in [1.29, 1.82) is 0 Å². The molecule has 25 heavy (non-hydrogen) atoms. The smallest absolute Gasteiger partial charge is 0.261 e. The topological polar surface area (TPSA) is 66.5 Å². The maximum absolute atomic E-state index is 12.7. The van der Waals surface area contributed by atoms with Gasteiger partial charge in [0.1, 0.15) is 0 Å². The van der Waals surface area contributed by atoms with Crippen LogP contribution in [0, 0.1) is 0 Å². The summed E-state index contributed by atoms with van der Waals surface area (Å²) in [7, 11) is 1.45. The zero-order valence-electron chi connectivity index (χ0n) is 13.6. The van der Waals surface area contributed by atoms with E-state index in [9.17, 15) is 14.4 Å². The van der Waals surface area contributed by atoms with E-state index < -0.39 is 0 Å². The number of carbonyl (C=O) groups excluding carboxylic acids is 3. The van der Waals surface area contributed by atoms with E-state index in [4.69, 9.17) is 0 Å². The minimum absolute atomic E-state index is 0.0433. The van der Waals surface area contributed by atoms with Gasteiger partial charge in [0, 0.05) is 23.3 Å². The fourth-order valence-corrected chi connectivity index (χ4v) is 4.36. The summed E-state index contributed by atoms with van der Waals surface area (Å²) in [6.07, 6.45) is 0.860. The van der Waals surface area contributed by atoms with Crippen LogP contribution in [-0.2, 0) is 0 Å². The lowest BCUT2D eigenvalue weighted by atomic mass is 10.0. The molecule has 6 heteroatoms. The van der Waals surface area contributed by atoms with Crippen LogP contribution in [0.15, 0.2) is 47.4 Å². The van der Waals surface area contributed by atoms with Gasteiger partial charge in [-0.1, -0.05) is 18.2 Å². The Morgan fingerprint density at radius 1 is 1.12 bits per heavy atom. The van der Waals surface area contributed by atoms with Crippen molar-refractivity contribution in [1.82, 2.24) is 10.2 Å². The molecule has 0 bridgehead atoms. The van der Waals surface area contributed by atoms with Gasteiger partial charge in [0.2, 0.25) is 0 Å². The van der Waals surface area contributed by atoms with Gasteiger partial charge in [-0.05, 0) is 36.2 Å². The minimum Gasteiger partial charge on any atom is -0.345 e. The average molecular weight is 352 g/mol. The molecule has 0 saturated heterocycles. The van der Waals surface area contributed by atoms with Gasteiger partial charge in [0.15, 0.2) is 0 Å². The number of fused-ring (bicyclic) bond motifs is 2. The number of hydrogen-bond acceptors (Lipinski definition) is 4. The fraction of sp³-hybridized carbons (Fsp3) is 0.211. The van der Waals surface area contributed by atoms with Crippen LogP contribution in [0.2, 0.25) is 0 Å². The van der Waals surface area contributed by atoms with Gasteiger partial charge in [-0.2, -0.15) is 0 Å².